The normalized spacial score (nSPS) is 16.9. The third-order valence-corrected chi connectivity index (χ3v) is 8.76. The number of aliphatic imine (C=N–C) groups is 1. The summed E-state index contributed by atoms with van der Waals surface area (Å²) in [6.07, 6.45) is 4.73. The van der Waals surface area contributed by atoms with E-state index in [1.165, 1.54) is 6.07 Å². The first kappa shape index (κ1) is 27.3. The van der Waals surface area contributed by atoms with Crippen molar-refractivity contribution >= 4 is 44.4 Å². The number of hydrogen-bond donors (Lipinski definition) is 4. The molecule has 0 unspecified atom stereocenters. The van der Waals surface area contributed by atoms with Crippen LogP contribution in [0.1, 0.15) is 32.1 Å². The monoisotopic (exact) mass is 521 g/mol. The maximum Gasteiger partial charge on any atom is 0.243 e. The summed E-state index contributed by atoms with van der Waals surface area (Å²) in [6.45, 7) is 0.596. The van der Waals surface area contributed by atoms with Gasteiger partial charge >= 0.3 is 0 Å². The van der Waals surface area contributed by atoms with Crippen molar-refractivity contribution in [1.29, 1.82) is 0 Å². The molecule has 2 atom stereocenters. The van der Waals surface area contributed by atoms with Gasteiger partial charge in [-0.05, 0) is 42.9 Å². The molecule has 0 radical (unpaired) electrons. The van der Waals surface area contributed by atoms with Gasteiger partial charge in [0.05, 0.1) is 11.5 Å². The minimum atomic E-state index is -4.02. The second kappa shape index (κ2) is 13.1. The minimum absolute atomic E-state index is 0.0326. The fraction of sp³-hybridized carbons (Fsp3) is 0.500. The summed E-state index contributed by atoms with van der Waals surface area (Å²) in [7, 11) is -4.02. The zero-order valence-corrected chi connectivity index (χ0v) is 21.4. The van der Waals surface area contributed by atoms with Gasteiger partial charge in [0.25, 0.3) is 0 Å². The molecule has 1 aliphatic heterocycles. The van der Waals surface area contributed by atoms with Gasteiger partial charge in [-0.15, -0.1) is 0 Å². The highest BCUT2D eigenvalue weighted by Gasteiger charge is 2.35. The number of sulfonamides is 1. The van der Waals surface area contributed by atoms with Crippen molar-refractivity contribution in [2.24, 2.45) is 16.5 Å². The van der Waals surface area contributed by atoms with Crippen molar-refractivity contribution in [1.82, 2.24) is 9.62 Å². The Kier molecular flexibility index (Phi) is 10.2. The number of benzene rings is 2. The minimum Gasteiger partial charge on any atom is -0.394 e. The molecule has 0 saturated carbocycles. The number of aliphatic hydroxyl groups is 1. The molecule has 9 nitrogen and oxygen atoms in total. The topological polar surface area (TPSA) is 151 Å². The van der Waals surface area contributed by atoms with Gasteiger partial charge in [0.2, 0.25) is 15.9 Å². The Balaban J connectivity index is 1.56. The van der Waals surface area contributed by atoms with Crippen molar-refractivity contribution in [3.8, 4) is 0 Å². The maximum atomic E-state index is 13.2. The van der Waals surface area contributed by atoms with Gasteiger partial charge in [0.15, 0.2) is 5.96 Å². The van der Waals surface area contributed by atoms with E-state index in [9.17, 15) is 18.3 Å². The highest BCUT2D eigenvalue weighted by molar-refractivity contribution is 7.99. The molecule has 1 heterocycles. The number of aliphatic hydroxyl groups excluding tert-OH is 1. The molecule has 0 spiro atoms. The molecule has 1 amide bonds. The van der Waals surface area contributed by atoms with Crippen LogP contribution in [0.15, 0.2) is 52.4 Å². The number of carbonyl (C=O) groups excluding carboxylic acids is 1. The fourth-order valence-corrected chi connectivity index (χ4v) is 6.87. The quantitative estimate of drug-likeness (QED) is 0.178. The van der Waals surface area contributed by atoms with Crippen LogP contribution in [0, 0.1) is 0 Å². The Hall–Kier alpha value is -2.34. The molecule has 2 aromatic carbocycles. The molecule has 35 heavy (non-hydrogen) atoms. The lowest BCUT2D eigenvalue weighted by molar-refractivity contribution is -0.134. The van der Waals surface area contributed by atoms with Crippen LogP contribution < -0.4 is 16.2 Å². The van der Waals surface area contributed by atoms with E-state index in [1.54, 1.807) is 34.9 Å². The molecule has 6 N–H and O–H groups in total. The third-order valence-electron chi connectivity index (χ3n) is 6.03. The maximum absolute atomic E-state index is 13.2. The van der Waals surface area contributed by atoms with Gasteiger partial charge in [-0.2, -0.15) is 16.5 Å². The second-order valence-electron chi connectivity index (χ2n) is 8.60. The van der Waals surface area contributed by atoms with Crippen molar-refractivity contribution < 1.29 is 18.3 Å². The summed E-state index contributed by atoms with van der Waals surface area (Å²) in [5.41, 5.74) is 10.6. The van der Waals surface area contributed by atoms with Gasteiger partial charge in [0, 0.05) is 30.3 Å². The SMILES string of the molecule is NC(N)=NCCCCCSC[C@@H]1CCCN1C(=O)[C@H](CO)NS(=O)(=O)c1cccc2ccccc12. The predicted octanol–water partition coefficient (Wildman–Crippen LogP) is 1.65. The lowest BCUT2D eigenvalue weighted by Crippen LogP contribution is -2.52. The number of nitrogens with one attached hydrogen (secondary N) is 1. The van der Waals surface area contributed by atoms with Crippen molar-refractivity contribution in [2.75, 3.05) is 31.2 Å². The van der Waals surface area contributed by atoms with Gasteiger partial charge in [-0.3, -0.25) is 9.79 Å². The molecule has 1 aliphatic rings. The van der Waals surface area contributed by atoms with Gasteiger partial charge in [-0.1, -0.05) is 42.8 Å². The van der Waals surface area contributed by atoms with Crippen LogP contribution in [0.3, 0.4) is 0 Å². The number of hydrogen-bond acceptors (Lipinski definition) is 6. The number of nitrogens with two attached hydrogens (primary N) is 2. The van der Waals surface area contributed by atoms with Crippen LogP contribution in [-0.4, -0.2) is 73.6 Å². The van der Waals surface area contributed by atoms with E-state index in [0.29, 0.717) is 18.5 Å². The zero-order valence-electron chi connectivity index (χ0n) is 19.8. The number of thioether (sulfide) groups is 1. The van der Waals surface area contributed by atoms with Gasteiger partial charge < -0.3 is 21.5 Å². The average Bonchev–Trinajstić information content (AvgIpc) is 3.31. The molecule has 0 aromatic heterocycles. The van der Waals surface area contributed by atoms with E-state index in [-0.39, 0.29) is 22.8 Å². The highest BCUT2D eigenvalue weighted by atomic mass is 32.2. The number of rotatable bonds is 13. The third kappa shape index (κ3) is 7.57. The number of unbranched alkanes of at least 4 members (excludes halogenated alkanes) is 2. The Morgan fingerprint density at radius 1 is 1.17 bits per heavy atom. The second-order valence-corrected chi connectivity index (χ2v) is 11.4. The summed E-state index contributed by atoms with van der Waals surface area (Å²) < 4.78 is 28.8. The Morgan fingerprint density at radius 2 is 1.94 bits per heavy atom. The van der Waals surface area contributed by atoms with Crippen LogP contribution >= 0.6 is 11.8 Å². The molecule has 2 aromatic rings. The van der Waals surface area contributed by atoms with E-state index in [0.717, 1.165) is 49.0 Å². The fourth-order valence-electron chi connectivity index (χ4n) is 4.27. The highest BCUT2D eigenvalue weighted by Crippen LogP contribution is 2.25. The van der Waals surface area contributed by atoms with Crippen LogP contribution in [0.5, 0.6) is 0 Å². The van der Waals surface area contributed by atoms with E-state index in [1.807, 2.05) is 18.2 Å². The molecule has 11 heteroatoms. The molecule has 1 fully saturated rings. The summed E-state index contributed by atoms with van der Waals surface area (Å²) in [5.74, 6) is 1.49. The summed E-state index contributed by atoms with van der Waals surface area (Å²) in [6, 6.07) is 11.0. The summed E-state index contributed by atoms with van der Waals surface area (Å²) in [4.78, 5) is 19.0. The lowest BCUT2D eigenvalue weighted by atomic mass is 10.1. The Labute approximate surface area is 211 Å². The number of fused-ring (bicyclic) bond motifs is 1. The smallest absolute Gasteiger partial charge is 0.243 e. The molecular formula is C24H35N5O4S2. The van der Waals surface area contributed by atoms with Crippen molar-refractivity contribution in [2.45, 2.75) is 49.1 Å². The average molecular weight is 522 g/mol. The molecule has 192 valence electrons. The van der Waals surface area contributed by atoms with Crippen LogP contribution in [0.25, 0.3) is 10.8 Å². The van der Waals surface area contributed by atoms with Crippen molar-refractivity contribution in [3.05, 3.63) is 42.5 Å². The van der Waals surface area contributed by atoms with E-state index < -0.39 is 22.7 Å². The molecule has 0 aliphatic carbocycles. The van der Waals surface area contributed by atoms with Crippen LogP contribution in [0.2, 0.25) is 0 Å². The van der Waals surface area contributed by atoms with E-state index in [2.05, 4.69) is 9.71 Å². The molecule has 3 rings (SSSR count). The zero-order chi connectivity index (χ0) is 25.3. The molecule has 0 bridgehead atoms. The number of carbonyl (C=O) groups is 1. The largest absolute Gasteiger partial charge is 0.394 e. The predicted molar refractivity (Wildman–Crippen MR) is 142 cm³/mol. The summed E-state index contributed by atoms with van der Waals surface area (Å²) >= 11 is 1.79. The van der Waals surface area contributed by atoms with E-state index >= 15 is 0 Å². The number of likely N-dealkylation sites (tertiary alicyclic amines) is 1. The Bertz CT molecular complexity index is 1120. The van der Waals surface area contributed by atoms with Crippen LogP contribution in [-0.2, 0) is 14.8 Å². The van der Waals surface area contributed by atoms with Gasteiger partial charge in [-0.25, -0.2) is 8.42 Å². The standard InChI is InChI=1S/C24H35N5O4S2/c25-24(26)27-13-4-1-5-15-34-17-19-10-7-14-29(19)23(31)21(16-30)28-35(32,33)22-12-6-9-18-8-2-3-11-20(18)22/h2-3,6,8-9,11-12,19,21,28,30H,1,4-5,7,10,13-17H2,(H4,25,26,27)/t19-,21-/m0/s1. The summed E-state index contributed by atoms with van der Waals surface area (Å²) in [5, 5.41) is 11.3. The molecule has 1 saturated heterocycles. The number of nitrogens with zero attached hydrogens (tertiary/aromatic N) is 2. The first-order valence-electron chi connectivity index (χ1n) is 11.9. The molecular weight excluding hydrogens is 486 g/mol. The Morgan fingerprint density at radius 3 is 2.71 bits per heavy atom. The van der Waals surface area contributed by atoms with Crippen molar-refractivity contribution in [3.63, 3.8) is 0 Å². The van der Waals surface area contributed by atoms with Crippen LogP contribution in [0.4, 0.5) is 0 Å². The number of amides is 1. The first-order chi connectivity index (χ1) is 16.8. The van der Waals surface area contributed by atoms with Gasteiger partial charge in [0.1, 0.15) is 6.04 Å². The lowest BCUT2D eigenvalue weighted by Gasteiger charge is -2.28. The van der Waals surface area contributed by atoms with E-state index in [4.69, 9.17) is 11.5 Å². The number of guanidine groups is 1. The first-order valence-corrected chi connectivity index (χ1v) is 14.5.